The number of aromatic nitrogens is 1. The van der Waals surface area contributed by atoms with Gasteiger partial charge in [0.15, 0.2) is 6.20 Å². The average Bonchev–Trinajstić information content (AvgIpc) is 3.39. The zero-order chi connectivity index (χ0) is 19.7. The Labute approximate surface area is 171 Å². The van der Waals surface area contributed by atoms with E-state index < -0.39 is 0 Å². The summed E-state index contributed by atoms with van der Waals surface area (Å²) >= 11 is 0. The molecule has 1 saturated carbocycles. The topological polar surface area (TPSA) is 20.3 Å². The van der Waals surface area contributed by atoms with E-state index >= 15 is 0 Å². The summed E-state index contributed by atoms with van der Waals surface area (Å²) in [5.74, 6) is 0.852. The fraction of sp³-hybridized carbons (Fsp3) is 0.346. The normalized spacial score (nSPS) is 16.2. The molecule has 6 rings (SSSR count). The molecule has 0 radical (unpaired) electrons. The zero-order valence-corrected chi connectivity index (χ0v) is 17.5. The van der Waals surface area contributed by atoms with Crippen LogP contribution >= 0.6 is 0 Å². The van der Waals surface area contributed by atoms with Crippen LogP contribution in [0, 0.1) is 12.8 Å². The maximum absolute atomic E-state index is 5.78. The lowest BCUT2D eigenvalue weighted by Gasteiger charge is -2.30. The third-order valence-electron chi connectivity index (χ3n) is 7.23. The van der Waals surface area contributed by atoms with Crippen LogP contribution in [0.15, 0.2) is 47.2 Å². The van der Waals surface area contributed by atoms with Gasteiger partial charge < -0.3 is 9.32 Å². The average molecular weight is 384 g/mol. The summed E-state index contributed by atoms with van der Waals surface area (Å²) in [5, 5.41) is 3.93. The Hall–Kier alpha value is -2.81. The highest BCUT2D eigenvalue weighted by molar-refractivity contribution is 6.12. The molecule has 0 amide bonds. The van der Waals surface area contributed by atoms with Crippen molar-refractivity contribution in [3.05, 3.63) is 53.9 Å². The van der Waals surface area contributed by atoms with Crippen molar-refractivity contribution in [1.82, 2.24) is 0 Å². The van der Waals surface area contributed by atoms with Crippen molar-refractivity contribution in [2.45, 2.75) is 39.0 Å². The number of hydrogen-bond acceptors (Lipinski definition) is 2. The van der Waals surface area contributed by atoms with Gasteiger partial charge in [-0.25, -0.2) is 4.57 Å². The SMILES string of the molecule is Cc1c2c(cc3occc13)N(C)c1cc(CC3CCCC3)cc3cc[n+](C)c-2c13. The van der Waals surface area contributed by atoms with Gasteiger partial charge in [0, 0.05) is 24.6 Å². The lowest BCUT2D eigenvalue weighted by molar-refractivity contribution is -0.659. The lowest BCUT2D eigenvalue weighted by Crippen LogP contribution is -2.33. The third-order valence-corrected chi connectivity index (χ3v) is 7.23. The Kier molecular flexibility index (Phi) is 3.59. The molecular weight excluding hydrogens is 356 g/mol. The van der Waals surface area contributed by atoms with Crippen molar-refractivity contribution >= 4 is 33.1 Å². The first kappa shape index (κ1) is 17.1. The van der Waals surface area contributed by atoms with Crippen molar-refractivity contribution in [3.63, 3.8) is 0 Å². The highest BCUT2D eigenvalue weighted by Gasteiger charge is 2.32. The van der Waals surface area contributed by atoms with Gasteiger partial charge in [-0.15, -0.1) is 0 Å². The van der Waals surface area contributed by atoms with E-state index in [1.807, 2.05) is 0 Å². The molecule has 4 aromatic rings. The Morgan fingerprint density at radius 1 is 1.10 bits per heavy atom. The zero-order valence-electron chi connectivity index (χ0n) is 17.5. The van der Waals surface area contributed by atoms with Gasteiger partial charge in [0.2, 0.25) is 5.69 Å². The van der Waals surface area contributed by atoms with Gasteiger partial charge in [0.1, 0.15) is 12.6 Å². The molecule has 29 heavy (non-hydrogen) atoms. The highest BCUT2D eigenvalue weighted by atomic mass is 16.3. The first-order valence-electron chi connectivity index (χ1n) is 10.8. The standard InChI is InChI=1S/C26H27N2O/c1-16-20-9-11-29-23(20)15-22-24(16)26-25-19(8-10-27(26)2)13-18(14-21(25)28(22)3)12-17-6-4-5-7-17/h8-11,13-15,17H,4-7,12H2,1-3H3/q+1. The molecule has 2 aromatic heterocycles. The van der Waals surface area contributed by atoms with Crippen LogP contribution in [-0.4, -0.2) is 7.05 Å². The molecule has 1 fully saturated rings. The summed E-state index contributed by atoms with van der Waals surface area (Å²) in [4.78, 5) is 2.37. The van der Waals surface area contributed by atoms with Crippen molar-refractivity contribution in [1.29, 1.82) is 0 Å². The molecule has 1 aliphatic heterocycles. The smallest absolute Gasteiger partial charge is 0.224 e. The lowest BCUT2D eigenvalue weighted by atomic mass is 9.88. The van der Waals surface area contributed by atoms with Crippen LogP contribution in [0.2, 0.25) is 0 Å². The number of hydrogen-bond donors (Lipinski definition) is 0. The first-order chi connectivity index (χ1) is 14.1. The molecule has 3 heterocycles. The van der Waals surface area contributed by atoms with Gasteiger partial charge in [0.25, 0.3) is 0 Å². The maximum Gasteiger partial charge on any atom is 0.224 e. The fourth-order valence-corrected chi connectivity index (χ4v) is 5.73. The van der Waals surface area contributed by atoms with E-state index in [4.69, 9.17) is 4.42 Å². The molecule has 1 aliphatic carbocycles. The van der Waals surface area contributed by atoms with Crippen molar-refractivity contribution < 1.29 is 8.98 Å². The molecule has 3 heteroatoms. The predicted octanol–water partition coefficient (Wildman–Crippen LogP) is 6.20. The van der Waals surface area contributed by atoms with Gasteiger partial charge in [-0.1, -0.05) is 31.7 Å². The van der Waals surface area contributed by atoms with Crippen molar-refractivity contribution in [3.8, 4) is 11.3 Å². The second kappa shape index (κ2) is 6.09. The molecule has 0 bridgehead atoms. The Balaban J connectivity index is 1.64. The second-order valence-corrected chi connectivity index (χ2v) is 9.00. The quantitative estimate of drug-likeness (QED) is 0.384. The van der Waals surface area contributed by atoms with Crippen LogP contribution < -0.4 is 9.47 Å². The number of aryl methyl sites for hydroxylation is 2. The largest absolute Gasteiger partial charge is 0.464 e. The molecule has 3 nitrogen and oxygen atoms in total. The van der Waals surface area contributed by atoms with Crippen LogP contribution in [0.25, 0.3) is 33.0 Å². The van der Waals surface area contributed by atoms with E-state index in [0.717, 1.165) is 11.5 Å². The van der Waals surface area contributed by atoms with Gasteiger partial charge in [-0.05, 0) is 47.9 Å². The fourth-order valence-electron chi connectivity index (χ4n) is 5.73. The molecule has 2 aliphatic rings. The minimum Gasteiger partial charge on any atom is -0.464 e. The summed E-state index contributed by atoms with van der Waals surface area (Å²) in [7, 11) is 4.37. The van der Waals surface area contributed by atoms with E-state index in [-0.39, 0.29) is 0 Å². The van der Waals surface area contributed by atoms with Crippen LogP contribution in [0.4, 0.5) is 11.4 Å². The molecule has 2 aromatic carbocycles. The van der Waals surface area contributed by atoms with Gasteiger partial charge in [0.05, 0.1) is 28.6 Å². The van der Waals surface area contributed by atoms with Gasteiger partial charge in [-0.3, -0.25) is 0 Å². The molecule has 0 saturated heterocycles. The first-order valence-corrected chi connectivity index (χ1v) is 10.8. The van der Waals surface area contributed by atoms with E-state index in [0.29, 0.717) is 0 Å². The van der Waals surface area contributed by atoms with Gasteiger partial charge in [-0.2, -0.15) is 0 Å². The minimum atomic E-state index is 0.852. The van der Waals surface area contributed by atoms with Crippen LogP contribution in [0.3, 0.4) is 0 Å². The third kappa shape index (κ3) is 2.40. The summed E-state index contributed by atoms with van der Waals surface area (Å²) in [6, 6.07) is 11.5. The Morgan fingerprint density at radius 3 is 2.76 bits per heavy atom. The van der Waals surface area contributed by atoms with Crippen molar-refractivity contribution in [2.24, 2.45) is 13.0 Å². The minimum absolute atomic E-state index is 0.852. The molecule has 0 atom stereocenters. The van der Waals surface area contributed by atoms with Crippen molar-refractivity contribution in [2.75, 3.05) is 11.9 Å². The van der Waals surface area contributed by atoms with E-state index in [1.165, 1.54) is 82.0 Å². The Bertz CT molecular complexity index is 1280. The highest BCUT2D eigenvalue weighted by Crippen LogP contribution is 2.49. The predicted molar refractivity (Wildman–Crippen MR) is 119 cm³/mol. The Morgan fingerprint density at radius 2 is 1.93 bits per heavy atom. The number of furan rings is 1. The number of benzene rings is 2. The molecule has 0 unspecified atom stereocenters. The molecular formula is C26H27N2O+. The summed E-state index contributed by atoms with van der Waals surface area (Å²) < 4.78 is 8.07. The number of fused-ring (bicyclic) bond motifs is 3. The van der Waals surface area contributed by atoms with Crippen LogP contribution in [0.1, 0.15) is 36.8 Å². The number of anilines is 2. The van der Waals surface area contributed by atoms with E-state index in [2.05, 4.69) is 67.0 Å². The maximum atomic E-state index is 5.78. The van der Waals surface area contributed by atoms with E-state index in [9.17, 15) is 0 Å². The van der Waals surface area contributed by atoms with Gasteiger partial charge >= 0.3 is 0 Å². The second-order valence-electron chi connectivity index (χ2n) is 9.00. The summed E-state index contributed by atoms with van der Waals surface area (Å²) in [5.41, 5.74) is 8.93. The van der Waals surface area contributed by atoms with Crippen LogP contribution in [0.5, 0.6) is 0 Å². The van der Waals surface area contributed by atoms with E-state index in [1.54, 1.807) is 6.26 Å². The molecule has 146 valence electrons. The van der Waals surface area contributed by atoms with Crippen LogP contribution in [-0.2, 0) is 13.5 Å². The molecule has 0 spiro atoms. The number of nitrogens with zero attached hydrogens (tertiary/aromatic N) is 2. The number of pyridine rings is 1. The summed E-state index contributed by atoms with van der Waals surface area (Å²) in [6.45, 7) is 2.23. The molecule has 0 N–H and O–H groups in total. The number of rotatable bonds is 2. The summed E-state index contributed by atoms with van der Waals surface area (Å²) in [6.07, 6.45) is 10.8. The monoisotopic (exact) mass is 383 g/mol.